The van der Waals surface area contributed by atoms with Crippen molar-refractivity contribution in [2.75, 3.05) is 6.54 Å². The fraction of sp³-hybridized carbons (Fsp3) is 0.263. The summed E-state index contributed by atoms with van der Waals surface area (Å²) in [6.45, 7) is 3.68. The normalized spacial score (nSPS) is 15.3. The number of benzene rings is 1. The Labute approximate surface area is 154 Å². The second-order valence-electron chi connectivity index (χ2n) is 6.42. The van der Waals surface area contributed by atoms with Gasteiger partial charge in [-0.05, 0) is 26.0 Å². The van der Waals surface area contributed by atoms with Crippen molar-refractivity contribution < 1.29 is 18.4 Å². The Morgan fingerprint density at radius 3 is 2.78 bits per heavy atom. The van der Waals surface area contributed by atoms with E-state index in [1.807, 2.05) is 0 Å². The number of hydrogen-bond acceptors (Lipinski definition) is 6. The number of halogens is 1. The highest BCUT2D eigenvalue weighted by molar-refractivity contribution is 5.96. The molecule has 3 heterocycles. The van der Waals surface area contributed by atoms with E-state index in [0.29, 0.717) is 40.3 Å². The molecule has 1 aromatic carbocycles. The summed E-state index contributed by atoms with van der Waals surface area (Å²) >= 11 is 0. The van der Waals surface area contributed by atoms with E-state index < -0.39 is 0 Å². The molecule has 0 radical (unpaired) electrons. The van der Waals surface area contributed by atoms with E-state index in [-0.39, 0.29) is 24.4 Å². The number of carbonyl (C=O) groups excluding carboxylic acids is 1. The number of rotatable bonds is 4. The van der Waals surface area contributed by atoms with Gasteiger partial charge in [0.2, 0.25) is 0 Å². The van der Waals surface area contributed by atoms with E-state index in [4.69, 9.17) is 9.26 Å². The Kier molecular flexibility index (Phi) is 4.31. The molecule has 4 rings (SSSR count). The molecule has 7 nitrogen and oxygen atoms in total. The van der Waals surface area contributed by atoms with Crippen LogP contribution in [0, 0.1) is 19.7 Å². The fourth-order valence-corrected chi connectivity index (χ4v) is 3.26. The smallest absolute Gasteiger partial charge is 0.256 e. The van der Waals surface area contributed by atoms with Gasteiger partial charge in [-0.15, -0.1) is 0 Å². The maximum Gasteiger partial charge on any atom is 0.256 e. The van der Waals surface area contributed by atoms with E-state index in [2.05, 4.69) is 20.4 Å². The zero-order valence-electron chi connectivity index (χ0n) is 14.8. The summed E-state index contributed by atoms with van der Waals surface area (Å²) in [7, 11) is 0. The lowest BCUT2D eigenvalue weighted by Gasteiger charge is -2.13. The third kappa shape index (κ3) is 3.25. The molecule has 3 aromatic rings. The van der Waals surface area contributed by atoms with Crippen molar-refractivity contribution in [1.82, 2.24) is 20.4 Å². The van der Waals surface area contributed by atoms with Crippen LogP contribution in [0.25, 0.3) is 11.1 Å². The Balaban J connectivity index is 1.51. The third-order valence-electron chi connectivity index (χ3n) is 4.49. The van der Waals surface area contributed by atoms with Gasteiger partial charge >= 0.3 is 0 Å². The number of aromatic nitrogens is 3. The number of nitrogens with one attached hydrogen (secondary N) is 1. The highest BCUT2D eigenvalue weighted by Gasteiger charge is 2.28. The summed E-state index contributed by atoms with van der Waals surface area (Å²) in [5, 5.41) is 6.62. The minimum Gasteiger partial charge on any atom is -0.487 e. The predicted octanol–water partition coefficient (Wildman–Crippen LogP) is 2.62. The van der Waals surface area contributed by atoms with Crippen LogP contribution in [0.2, 0.25) is 0 Å². The second kappa shape index (κ2) is 6.79. The SMILES string of the molecule is Cc1noc(C)c1C(=O)NCC1Cc2cc(F)cc(-c3cncnc3)c2O1. The van der Waals surface area contributed by atoms with Gasteiger partial charge in [-0.1, -0.05) is 5.16 Å². The second-order valence-corrected chi connectivity index (χ2v) is 6.42. The number of ether oxygens (including phenoxy) is 1. The first-order valence-electron chi connectivity index (χ1n) is 8.48. The Morgan fingerprint density at radius 1 is 1.30 bits per heavy atom. The average Bonchev–Trinajstić information content (AvgIpc) is 3.22. The van der Waals surface area contributed by atoms with E-state index in [9.17, 15) is 9.18 Å². The summed E-state index contributed by atoms with van der Waals surface area (Å²) < 4.78 is 25.1. The lowest BCUT2D eigenvalue weighted by molar-refractivity contribution is 0.0931. The fourth-order valence-electron chi connectivity index (χ4n) is 3.26. The summed E-state index contributed by atoms with van der Waals surface area (Å²) in [4.78, 5) is 20.3. The van der Waals surface area contributed by atoms with Crippen molar-refractivity contribution in [3.05, 3.63) is 59.3 Å². The summed E-state index contributed by atoms with van der Waals surface area (Å²) in [5.41, 5.74) is 3.00. The average molecular weight is 368 g/mol. The quantitative estimate of drug-likeness (QED) is 0.761. The number of amides is 1. The van der Waals surface area contributed by atoms with Crippen molar-refractivity contribution >= 4 is 5.91 Å². The highest BCUT2D eigenvalue weighted by Crippen LogP contribution is 2.39. The number of fused-ring (bicyclic) bond motifs is 1. The van der Waals surface area contributed by atoms with Crippen LogP contribution in [0.1, 0.15) is 27.4 Å². The number of nitrogens with zero attached hydrogens (tertiary/aromatic N) is 3. The molecule has 1 unspecified atom stereocenters. The van der Waals surface area contributed by atoms with Gasteiger partial charge in [0.1, 0.15) is 35.3 Å². The standard InChI is InChI=1S/C19H17FN4O3/c1-10-17(11(2)27-24-10)19(25)23-8-15-4-12-3-14(20)5-16(18(12)26-15)13-6-21-9-22-7-13/h3,5-7,9,15H,4,8H2,1-2H3,(H,23,25). The van der Waals surface area contributed by atoms with Gasteiger partial charge in [0.25, 0.3) is 5.91 Å². The van der Waals surface area contributed by atoms with Gasteiger partial charge in [0, 0.05) is 35.5 Å². The maximum atomic E-state index is 14.0. The van der Waals surface area contributed by atoms with Crippen LogP contribution in [0.5, 0.6) is 5.75 Å². The zero-order valence-corrected chi connectivity index (χ0v) is 14.8. The van der Waals surface area contributed by atoms with Gasteiger partial charge in [-0.2, -0.15) is 0 Å². The molecule has 27 heavy (non-hydrogen) atoms. The zero-order chi connectivity index (χ0) is 19.0. The van der Waals surface area contributed by atoms with Crippen molar-refractivity contribution in [3.8, 4) is 16.9 Å². The third-order valence-corrected chi connectivity index (χ3v) is 4.49. The van der Waals surface area contributed by atoms with Crippen LogP contribution >= 0.6 is 0 Å². The van der Waals surface area contributed by atoms with Crippen LogP contribution in [0.3, 0.4) is 0 Å². The van der Waals surface area contributed by atoms with Crippen LogP contribution in [-0.4, -0.2) is 33.7 Å². The summed E-state index contributed by atoms with van der Waals surface area (Å²) in [5.74, 6) is 0.446. The van der Waals surface area contributed by atoms with E-state index in [1.165, 1.54) is 18.5 Å². The molecular formula is C19H17FN4O3. The van der Waals surface area contributed by atoms with Crippen molar-refractivity contribution in [2.45, 2.75) is 26.4 Å². The van der Waals surface area contributed by atoms with Gasteiger partial charge in [-0.25, -0.2) is 14.4 Å². The molecule has 0 spiro atoms. The first kappa shape index (κ1) is 17.1. The summed E-state index contributed by atoms with van der Waals surface area (Å²) in [6, 6.07) is 2.86. The molecular weight excluding hydrogens is 351 g/mol. The van der Waals surface area contributed by atoms with E-state index >= 15 is 0 Å². The monoisotopic (exact) mass is 368 g/mol. The van der Waals surface area contributed by atoms with Gasteiger partial charge < -0.3 is 14.6 Å². The predicted molar refractivity (Wildman–Crippen MR) is 93.9 cm³/mol. The van der Waals surface area contributed by atoms with Crippen molar-refractivity contribution in [1.29, 1.82) is 0 Å². The minimum absolute atomic E-state index is 0.270. The molecule has 0 saturated carbocycles. The van der Waals surface area contributed by atoms with Gasteiger partial charge in [0.15, 0.2) is 0 Å². The van der Waals surface area contributed by atoms with Crippen LogP contribution < -0.4 is 10.1 Å². The minimum atomic E-state index is -0.350. The molecule has 1 aliphatic heterocycles. The van der Waals surface area contributed by atoms with Crippen molar-refractivity contribution in [3.63, 3.8) is 0 Å². The van der Waals surface area contributed by atoms with Crippen LogP contribution in [-0.2, 0) is 6.42 Å². The number of hydrogen-bond donors (Lipinski definition) is 1. The molecule has 1 aliphatic rings. The number of aryl methyl sites for hydroxylation is 2. The molecule has 1 N–H and O–H groups in total. The first-order valence-corrected chi connectivity index (χ1v) is 8.48. The largest absolute Gasteiger partial charge is 0.487 e. The van der Waals surface area contributed by atoms with Gasteiger partial charge in [0.05, 0.1) is 12.2 Å². The Bertz CT molecular complexity index is 984. The molecule has 138 valence electrons. The number of carbonyl (C=O) groups is 1. The topological polar surface area (TPSA) is 90.1 Å². The van der Waals surface area contributed by atoms with Crippen LogP contribution in [0.4, 0.5) is 4.39 Å². The van der Waals surface area contributed by atoms with Gasteiger partial charge in [-0.3, -0.25) is 4.79 Å². The lowest BCUT2D eigenvalue weighted by atomic mass is 10.0. The first-order chi connectivity index (χ1) is 13.0. The lowest BCUT2D eigenvalue weighted by Crippen LogP contribution is -2.34. The molecule has 1 amide bonds. The molecule has 0 saturated heterocycles. The highest BCUT2D eigenvalue weighted by atomic mass is 19.1. The Morgan fingerprint density at radius 2 is 2.07 bits per heavy atom. The van der Waals surface area contributed by atoms with E-state index in [1.54, 1.807) is 26.2 Å². The molecule has 2 aromatic heterocycles. The molecule has 1 atom stereocenters. The van der Waals surface area contributed by atoms with E-state index in [0.717, 1.165) is 5.56 Å². The summed E-state index contributed by atoms with van der Waals surface area (Å²) in [6.07, 6.45) is 4.83. The molecule has 0 aliphatic carbocycles. The molecule has 0 bridgehead atoms. The molecule has 8 heteroatoms. The van der Waals surface area contributed by atoms with Crippen LogP contribution in [0.15, 0.2) is 35.4 Å². The Hall–Kier alpha value is -3.29. The molecule has 0 fully saturated rings. The maximum absolute atomic E-state index is 14.0. The van der Waals surface area contributed by atoms with Crippen molar-refractivity contribution in [2.24, 2.45) is 0 Å².